The van der Waals surface area contributed by atoms with E-state index >= 15 is 0 Å². The first kappa shape index (κ1) is 13.3. The highest BCUT2D eigenvalue weighted by molar-refractivity contribution is 5.51. The second-order valence-electron chi connectivity index (χ2n) is 5.12. The average molecular weight is 254 g/mol. The molecule has 2 rings (SSSR count). The number of anilines is 1. The first-order valence-corrected chi connectivity index (χ1v) is 6.54. The van der Waals surface area contributed by atoms with E-state index in [0.717, 1.165) is 25.9 Å². The average Bonchev–Trinajstić information content (AvgIpc) is 2.31. The van der Waals surface area contributed by atoms with E-state index in [0.29, 0.717) is 24.4 Å². The van der Waals surface area contributed by atoms with Gasteiger partial charge in [0.2, 0.25) is 0 Å². The van der Waals surface area contributed by atoms with Crippen molar-refractivity contribution in [1.29, 1.82) is 0 Å². The second kappa shape index (κ2) is 5.65. The highest BCUT2D eigenvalue weighted by Crippen LogP contribution is 2.29. The van der Waals surface area contributed by atoms with E-state index in [1.54, 1.807) is 0 Å². The molecular weight excluding hydrogens is 234 g/mol. The molecule has 0 radical (unpaired) electrons. The van der Waals surface area contributed by atoms with Gasteiger partial charge in [-0.1, -0.05) is 6.92 Å². The number of rotatable bonds is 3. The number of nitrogens with two attached hydrogens (primary N) is 1. The fourth-order valence-electron chi connectivity index (χ4n) is 2.46. The molecule has 2 N–H and O–H groups in total. The molecule has 0 amide bonds. The van der Waals surface area contributed by atoms with Gasteiger partial charge in [0.05, 0.1) is 0 Å². The Hall–Kier alpha value is -1.16. The maximum atomic E-state index is 14.0. The minimum atomic E-state index is -0.465. The highest BCUT2D eigenvalue weighted by atomic mass is 19.1. The number of benzene rings is 1. The third kappa shape index (κ3) is 2.80. The van der Waals surface area contributed by atoms with Crippen LogP contribution in [-0.2, 0) is 6.42 Å². The standard InChI is InChI=1S/C14H20F2N2/c1-10-3-6-18(7-4-10)14-12(15)8-11(2-5-17)9-13(14)16/h8-10H,2-7,17H2,1H3. The van der Waals surface area contributed by atoms with E-state index in [9.17, 15) is 8.78 Å². The maximum Gasteiger partial charge on any atom is 0.149 e. The molecule has 0 aliphatic carbocycles. The van der Waals surface area contributed by atoms with Crippen LogP contribution in [0.3, 0.4) is 0 Å². The Bertz CT molecular complexity index is 389. The predicted octanol–water partition coefficient (Wildman–Crippen LogP) is 2.70. The highest BCUT2D eigenvalue weighted by Gasteiger charge is 2.22. The summed E-state index contributed by atoms with van der Waals surface area (Å²) in [4.78, 5) is 1.82. The topological polar surface area (TPSA) is 29.3 Å². The molecule has 1 aromatic rings. The molecule has 4 heteroatoms. The summed E-state index contributed by atoms with van der Waals surface area (Å²) in [6.07, 6.45) is 2.48. The van der Waals surface area contributed by atoms with E-state index in [1.807, 2.05) is 4.90 Å². The lowest BCUT2D eigenvalue weighted by Gasteiger charge is -2.32. The van der Waals surface area contributed by atoms with Crippen molar-refractivity contribution >= 4 is 5.69 Å². The van der Waals surface area contributed by atoms with Crippen LogP contribution in [0.1, 0.15) is 25.3 Å². The molecule has 0 bridgehead atoms. The minimum Gasteiger partial charge on any atom is -0.367 e. The molecule has 100 valence electrons. The predicted molar refractivity (Wildman–Crippen MR) is 69.7 cm³/mol. The van der Waals surface area contributed by atoms with Crippen LogP contribution < -0.4 is 10.6 Å². The van der Waals surface area contributed by atoms with E-state index in [2.05, 4.69) is 6.92 Å². The Labute approximate surface area is 107 Å². The van der Waals surface area contributed by atoms with Crippen molar-refractivity contribution in [3.63, 3.8) is 0 Å². The van der Waals surface area contributed by atoms with Crippen LogP contribution in [0.25, 0.3) is 0 Å². The zero-order valence-corrected chi connectivity index (χ0v) is 10.8. The van der Waals surface area contributed by atoms with Crippen molar-refractivity contribution in [2.45, 2.75) is 26.2 Å². The molecule has 1 aliphatic heterocycles. The van der Waals surface area contributed by atoms with Crippen molar-refractivity contribution in [3.05, 3.63) is 29.3 Å². The molecule has 1 fully saturated rings. The van der Waals surface area contributed by atoms with Gasteiger partial charge in [0.1, 0.15) is 17.3 Å². The first-order chi connectivity index (χ1) is 8.61. The van der Waals surface area contributed by atoms with Gasteiger partial charge in [-0.2, -0.15) is 0 Å². The maximum absolute atomic E-state index is 14.0. The summed E-state index contributed by atoms with van der Waals surface area (Å²) in [6.45, 7) is 4.03. The lowest BCUT2D eigenvalue weighted by atomic mass is 9.98. The number of halogens is 2. The van der Waals surface area contributed by atoms with Crippen molar-refractivity contribution in [3.8, 4) is 0 Å². The van der Waals surface area contributed by atoms with Gasteiger partial charge in [0, 0.05) is 13.1 Å². The van der Waals surface area contributed by atoms with E-state index in [1.165, 1.54) is 12.1 Å². The van der Waals surface area contributed by atoms with Crippen molar-refractivity contribution < 1.29 is 8.78 Å². The quantitative estimate of drug-likeness (QED) is 0.898. The number of hydrogen-bond acceptors (Lipinski definition) is 2. The van der Waals surface area contributed by atoms with Crippen LogP contribution >= 0.6 is 0 Å². The number of hydrogen-bond donors (Lipinski definition) is 1. The number of nitrogens with zero attached hydrogens (tertiary/aromatic N) is 1. The molecule has 0 atom stereocenters. The van der Waals surface area contributed by atoms with Gasteiger partial charge in [-0.3, -0.25) is 0 Å². The molecule has 0 aromatic heterocycles. The van der Waals surface area contributed by atoms with Crippen molar-refractivity contribution in [2.24, 2.45) is 11.7 Å². The summed E-state index contributed by atoms with van der Waals surface area (Å²) < 4.78 is 28.0. The van der Waals surface area contributed by atoms with Gasteiger partial charge in [-0.05, 0) is 49.4 Å². The fourth-order valence-corrected chi connectivity index (χ4v) is 2.46. The lowest BCUT2D eigenvalue weighted by Crippen LogP contribution is -2.34. The molecule has 0 unspecified atom stereocenters. The van der Waals surface area contributed by atoms with Gasteiger partial charge >= 0.3 is 0 Å². The van der Waals surface area contributed by atoms with Gasteiger partial charge in [-0.25, -0.2) is 8.78 Å². The minimum absolute atomic E-state index is 0.127. The second-order valence-corrected chi connectivity index (χ2v) is 5.12. The van der Waals surface area contributed by atoms with Gasteiger partial charge in [-0.15, -0.1) is 0 Å². The summed E-state index contributed by atoms with van der Waals surface area (Å²) in [7, 11) is 0. The van der Waals surface area contributed by atoms with Crippen LogP contribution in [0.15, 0.2) is 12.1 Å². The summed E-state index contributed by atoms with van der Waals surface area (Å²) in [5.74, 6) is -0.287. The largest absolute Gasteiger partial charge is 0.367 e. The Balaban J connectivity index is 2.22. The third-order valence-corrected chi connectivity index (χ3v) is 3.61. The lowest BCUT2D eigenvalue weighted by molar-refractivity contribution is 0.429. The van der Waals surface area contributed by atoms with Gasteiger partial charge < -0.3 is 10.6 Å². The SMILES string of the molecule is CC1CCN(c2c(F)cc(CCN)cc2F)CC1. The summed E-state index contributed by atoms with van der Waals surface area (Å²) in [5, 5.41) is 0. The molecule has 1 aliphatic rings. The number of piperidine rings is 1. The van der Waals surface area contributed by atoms with Gasteiger partial charge in [0.25, 0.3) is 0 Å². The summed E-state index contributed by atoms with van der Waals surface area (Å²) >= 11 is 0. The van der Waals surface area contributed by atoms with Crippen molar-refractivity contribution in [1.82, 2.24) is 0 Å². The molecule has 2 nitrogen and oxygen atoms in total. The molecule has 0 saturated carbocycles. The molecular formula is C14H20F2N2. The van der Waals surface area contributed by atoms with E-state index < -0.39 is 11.6 Å². The van der Waals surface area contributed by atoms with Crippen LogP contribution in [0, 0.1) is 17.6 Å². The van der Waals surface area contributed by atoms with Crippen LogP contribution in [-0.4, -0.2) is 19.6 Å². The molecule has 18 heavy (non-hydrogen) atoms. The first-order valence-electron chi connectivity index (χ1n) is 6.54. The Kier molecular flexibility index (Phi) is 4.17. The van der Waals surface area contributed by atoms with E-state index in [-0.39, 0.29) is 5.69 Å². The zero-order valence-electron chi connectivity index (χ0n) is 10.8. The third-order valence-electron chi connectivity index (χ3n) is 3.61. The molecule has 1 saturated heterocycles. The monoisotopic (exact) mass is 254 g/mol. The fraction of sp³-hybridized carbons (Fsp3) is 0.571. The zero-order chi connectivity index (χ0) is 13.1. The summed E-state index contributed by atoms with van der Waals surface area (Å²) in [6, 6.07) is 2.81. The van der Waals surface area contributed by atoms with Gasteiger partial charge in [0.15, 0.2) is 0 Å². The molecule has 1 heterocycles. The Morgan fingerprint density at radius 1 is 1.22 bits per heavy atom. The van der Waals surface area contributed by atoms with Crippen molar-refractivity contribution in [2.75, 3.05) is 24.5 Å². The summed E-state index contributed by atoms with van der Waals surface area (Å²) in [5.41, 5.74) is 6.16. The van der Waals surface area contributed by atoms with Crippen LogP contribution in [0.2, 0.25) is 0 Å². The molecule has 1 aromatic carbocycles. The van der Waals surface area contributed by atoms with Crippen LogP contribution in [0.4, 0.5) is 14.5 Å². The Morgan fingerprint density at radius 2 is 1.78 bits per heavy atom. The normalized spacial score (nSPS) is 17.2. The van der Waals surface area contributed by atoms with Crippen LogP contribution in [0.5, 0.6) is 0 Å². The smallest absolute Gasteiger partial charge is 0.149 e. The Morgan fingerprint density at radius 3 is 2.28 bits per heavy atom. The molecule has 0 spiro atoms. The van der Waals surface area contributed by atoms with E-state index in [4.69, 9.17) is 5.73 Å².